The third-order valence-electron chi connectivity index (χ3n) is 3.13. The Morgan fingerprint density at radius 3 is 2.90 bits per heavy atom. The third kappa shape index (κ3) is 3.08. The normalized spacial score (nSPS) is 22.4. The molecule has 1 fully saturated rings. The van der Waals surface area contributed by atoms with Gasteiger partial charge < -0.3 is 9.47 Å². The standard InChI is InChI=1S/C12H15N3O4S/c1-18-12-9(5-6-19-12)8-3-2-4-11(10(8)7-13)15-20(14,16)17/h2-4,9,12,15H,5-6H2,1H3,(H2,14,16,17). The van der Waals surface area contributed by atoms with Crippen LogP contribution in [-0.2, 0) is 19.7 Å². The molecule has 0 aliphatic carbocycles. The first-order valence-corrected chi connectivity index (χ1v) is 7.49. The van der Waals surface area contributed by atoms with Crippen LogP contribution >= 0.6 is 0 Å². The highest BCUT2D eigenvalue weighted by molar-refractivity contribution is 7.90. The van der Waals surface area contributed by atoms with E-state index < -0.39 is 16.5 Å². The molecule has 2 rings (SSSR count). The molecule has 0 saturated carbocycles. The van der Waals surface area contributed by atoms with Gasteiger partial charge in [-0.2, -0.15) is 13.7 Å². The predicted octanol–water partition coefficient (Wildman–Crippen LogP) is 0.650. The SMILES string of the molecule is COC1OCCC1c1cccc(NS(N)(=O)=O)c1C#N. The average Bonchev–Trinajstić information content (AvgIpc) is 2.84. The molecule has 0 bridgehead atoms. The quantitative estimate of drug-likeness (QED) is 0.846. The Morgan fingerprint density at radius 1 is 1.55 bits per heavy atom. The minimum Gasteiger partial charge on any atom is -0.355 e. The second kappa shape index (κ2) is 5.76. The van der Waals surface area contributed by atoms with Gasteiger partial charge in [-0.25, -0.2) is 5.14 Å². The number of anilines is 1. The van der Waals surface area contributed by atoms with Gasteiger partial charge in [0.1, 0.15) is 6.07 Å². The van der Waals surface area contributed by atoms with E-state index in [4.69, 9.17) is 14.6 Å². The molecule has 1 saturated heterocycles. The fraction of sp³-hybridized carbons (Fsp3) is 0.417. The summed E-state index contributed by atoms with van der Waals surface area (Å²) >= 11 is 0. The first-order valence-electron chi connectivity index (χ1n) is 5.94. The van der Waals surface area contributed by atoms with Crippen LogP contribution in [0.25, 0.3) is 0 Å². The van der Waals surface area contributed by atoms with Crippen molar-refractivity contribution in [2.24, 2.45) is 5.14 Å². The maximum Gasteiger partial charge on any atom is 0.296 e. The van der Waals surface area contributed by atoms with Crippen LogP contribution in [0, 0.1) is 11.3 Å². The van der Waals surface area contributed by atoms with Gasteiger partial charge in [0, 0.05) is 13.0 Å². The van der Waals surface area contributed by atoms with Crippen molar-refractivity contribution in [2.45, 2.75) is 18.6 Å². The van der Waals surface area contributed by atoms with Crippen molar-refractivity contribution >= 4 is 15.9 Å². The molecule has 3 N–H and O–H groups in total. The van der Waals surface area contributed by atoms with Gasteiger partial charge in [0.2, 0.25) is 0 Å². The summed E-state index contributed by atoms with van der Waals surface area (Å²) in [7, 11) is -2.40. The average molecular weight is 297 g/mol. The molecule has 108 valence electrons. The summed E-state index contributed by atoms with van der Waals surface area (Å²) in [5.41, 5.74) is 1.08. The van der Waals surface area contributed by atoms with Gasteiger partial charge in [-0.15, -0.1) is 0 Å². The number of methoxy groups -OCH3 is 1. The molecule has 20 heavy (non-hydrogen) atoms. The van der Waals surface area contributed by atoms with E-state index in [0.717, 1.165) is 0 Å². The minimum atomic E-state index is -3.93. The van der Waals surface area contributed by atoms with Crippen molar-refractivity contribution < 1.29 is 17.9 Å². The Bertz CT molecular complexity index is 639. The number of hydrogen-bond donors (Lipinski definition) is 2. The van der Waals surface area contributed by atoms with E-state index in [1.165, 1.54) is 13.2 Å². The van der Waals surface area contributed by atoms with E-state index >= 15 is 0 Å². The number of nitrogens with two attached hydrogens (primary N) is 1. The molecule has 0 radical (unpaired) electrons. The molecule has 7 nitrogen and oxygen atoms in total. The molecule has 2 unspecified atom stereocenters. The number of nitrogens with one attached hydrogen (secondary N) is 1. The lowest BCUT2D eigenvalue weighted by molar-refractivity contribution is -0.0963. The van der Waals surface area contributed by atoms with Crippen molar-refractivity contribution in [3.05, 3.63) is 29.3 Å². The third-order valence-corrected chi connectivity index (χ3v) is 3.64. The second-order valence-corrected chi connectivity index (χ2v) is 5.69. The Kier molecular flexibility index (Phi) is 4.25. The number of nitriles is 1. The highest BCUT2D eigenvalue weighted by Crippen LogP contribution is 2.35. The van der Waals surface area contributed by atoms with Crippen LogP contribution in [0.3, 0.4) is 0 Å². The lowest BCUT2D eigenvalue weighted by atomic mass is 9.92. The first kappa shape index (κ1) is 14.7. The summed E-state index contributed by atoms with van der Waals surface area (Å²) in [6.07, 6.45) is 0.262. The molecule has 1 heterocycles. The maximum atomic E-state index is 11.1. The van der Waals surface area contributed by atoms with Crippen LogP contribution < -0.4 is 9.86 Å². The molecular weight excluding hydrogens is 282 g/mol. The van der Waals surface area contributed by atoms with Gasteiger partial charge >= 0.3 is 0 Å². The molecule has 8 heteroatoms. The van der Waals surface area contributed by atoms with Gasteiger partial charge in [0.25, 0.3) is 10.2 Å². The van der Waals surface area contributed by atoms with Crippen molar-refractivity contribution in [2.75, 3.05) is 18.4 Å². The van der Waals surface area contributed by atoms with Crippen LogP contribution in [0.1, 0.15) is 23.5 Å². The zero-order chi connectivity index (χ0) is 14.8. The summed E-state index contributed by atoms with van der Waals surface area (Å²) in [4.78, 5) is 0. The van der Waals surface area contributed by atoms with Crippen molar-refractivity contribution in [1.29, 1.82) is 5.26 Å². The molecule has 0 aromatic heterocycles. The first-order chi connectivity index (χ1) is 9.46. The van der Waals surface area contributed by atoms with Crippen LogP contribution in [-0.4, -0.2) is 28.4 Å². The monoisotopic (exact) mass is 297 g/mol. The number of rotatable bonds is 4. The number of ether oxygens (including phenoxy) is 2. The van der Waals surface area contributed by atoms with Crippen LogP contribution in [0.5, 0.6) is 0 Å². The second-order valence-electron chi connectivity index (χ2n) is 4.40. The molecule has 1 aliphatic rings. The van der Waals surface area contributed by atoms with Gasteiger partial charge in [-0.3, -0.25) is 4.72 Å². The van der Waals surface area contributed by atoms with E-state index in [1.54, 1.807) is 12.1 Å². The van der Waals surface area contributed by atoms with E-state index in [-0.39, 0.29) is 17.2 Å². The summed E-state index contributed by atoms with van der Waals surface area (Å²) in [5.74, 6) is -0.114. The summed E-state index contributed by atoms with van der Waals surface area (Å²) in [6, 6.07) is 6.93. The number of nitrogens with zero attached hydrogens (tertiary/aromatic N) is 1. The van der Waals surface area contributed by atoms with Crippen LogP contribution in [0.2, 0.25) is 0 Å². The van der Waals surface area contributed by atoms with Crippen LogP contribution in [0.4, 0.5) is 5.69 Å². The molecule has 0 spiro atoms. The Morgan fingerprint density at radius 2 is 2.30 bits per heavy atom. The van der Waals surface area contributed by atoms with Gasteiger partial charge in [0.05, 0.1) is 17.9 Å². The molecule has 1 aromatic rings. The molecular formula is C12H15N3O4S. The lowest BCUT2D eigenvalue weighted by Crippen LogP contribution is -2.23. The Balaban J connectivity index is 2.44. The molecule has 1 aromatic carbocycles. The highest BCUT2D eigenvalue weighted by Gasteiger charge is 2.32. The van der Waals surface area contributed by atoms with Crippen molar-refractivity contribution in [3.8, 4) is 6.07 Å². The zero-order valence-corrected chi connectivity index (χ0v) is 11.7. The molecule has 2 atom stereocenters. The van der Waals surface area contributed by atoms with Crippen molar-refractivity contribution in [3.63, 3.8) is 0 Å². The topological polar surface area (TPSA) is 114 Å². The van der Waals surface area contributed by atoms with Gasteiger partial charge in [0.15, 0.2) is 6.29 Å². The smallest absolute Gasteiger partial charge is 0.296 e. The fourth-order valence-corrected chi connectivity index (χ4v) is 2.82. The molecule has 0 amide bonds. The maximum absolute atomic E-state index is 11.1. The van der Waals surface area contributed by atoms with E-state index in [0.29, 0.717) is 18.6 Å². The lowest BCUT2D eigenvalue weighted by Gasteiger charge is -2.19. The Labute approximate surface area is 117 Å². The van der Waals surface area contributed by atoms with Gasteiger partial charge in [-0.1, -0.05) is 12.1 Å². The Hall–Kier alpha value is -1.66. The van der Waals surface area contributed by atoms with E-state index in [9.17, 15) is 13.7 Å². The number of benzene rings is 1. The van der Waals surface area contributed by atoms with E-state index in [2.05, 4.69) is 4.72 Å². The zero-order valence-electron chi connectivity index (χ0n) is 10.9. The summed E-state index contributed by atoms with van der Waals surface area (Å²) in [6.45, 7) is 0.529. The van der Waals surface area contributed by atoms with Crippen molar-refractivity contribution in [1.82, 2.24) is 0 Å². The number of hydrogen-bond acceptors (Lipinski definition) is 5. The fourth-order valence-electron chi connectivity index (χ4n) is 2.34. The van der Waals surface area contributed by atoms with E-state index in [1.807, 2.05) is 6.07 Å². The highest BCUT2D eigenvalue weighted by atomic mass is 32.2. The van der Waals surface area contributed by atoms with Gasteiger partial charge in [-0.05, 0) is 18.1 Å². The largest absolute Gasteiger partial charge is 0.355 e. The summed E-state index contributed by atoms with van der Waals surface area (Å²) in [5, 5.41) is 14.3. The molecule has 1 aliphatic heterocycles. The van der Waals surface area contributed by atoms with Crippen LogP contribution in [0.15, 0.2) is 18.2 Å². The summed E-state index contributed by atoms with van der Waals surface area (Å²) < 4.78 is 35.0. The minimum absolute atomic E-state index is 0.114. The predicted molar refractivity (Wildman–Crippen MR) is 72.0 cm³/mol.